The molecule has 0 bridgehead atoms. The normalized spacial score (nSPS) is 12.8. The van der Waals surface area contributed by atoms with Crippen LogP contribution >= 0.6 is 15.9 Å². The van der Waals surface area contributed by atoms with Crippen LogP contribution in [0.3, 0.4) is 0 Å². The van der Waals surface area contributed by atoms with Gasteiger partial charge in [0.05, 0.1) is 17.9 Å². The third kappa shape index (κ3) is 6.56. The van der Waals surface area contributed by atoms with Crippen LogP contribution in [0.1, 0.15) is 17.3 Å². The number of nitrogens with zero attached hydrogens (tertiary/aromatic N) is 3. The number of carbonyl (C=O) groups is 1. The van der Waals surface area contributed by atoms with Crippen LogP contribution in [-0.2, 0) is 17.9 Å². The van der Waals surface area contributed by atoms with Crippen molar-refractivity contribution in [2.45, 2.75) is 44.9 Å². The second-order valence-electron chi connectivity index (χ2n) is 8.74. The van der Waals surface area contributed by atoms with Gasteiger partial charge in [-0.25, -0.2) is 23.2 Å². The van der Waals surface area contributed by atoms with E-state index < -0.39 is 31.8 Å². The number of halogens is 3. The first kappa shape index (κ1) is 24.3. The van der Waals surface area contributed by atoms with E-state index in [0.29, 0.717) is 28.0 Å². The minimum atomic E-state index is -1.27. The summed E-state index contributed by atoms with van der Waals surface area (Å²) in [6.07, 6.45) is 0.392. The van der Waals surface area contributed by atoms with Crippen LogP contribution < -0.4 is 5.32 Å². The maximum absolute atomic E-state index is 13.6. The van der Waals surface area contributed by atoms with Gasteiger partial charge in [-0.1, -0.05) is 19.6 Å². The standard InChI is InChI=1S/C21H25BrF2N4O3Si/c1-32(2,3)5-4-31-12-28-20-14(11-25-28)9-17(22)19(27-20)18(26-21(29)30)8-13-6-15(23)10-16(24)7-13/h6-7,9-11,18,26H,4-5,8,12H2,1-3H3,(H,29,30). The molecule has 0 saturated heterocycles. The molecule has 1 unspecified atom stereocenters. The number of carboxylic acid groups (broad SMARTS) is 1. The van der Waals surface area contributed by atoms with Crippen LogP contribution in [0.25, 0.3) is 11.0 Å². The molecule has 1 aromatic carbocycles. The van der Waals surface area contributed by atoms with Crippen LogP contribution in [-0.4, -0.2) is 40.6 Å². The Kier molecular flexibility index (Phi) is 7.62. The summed E-state index contributed by atoms with van der Waals surface area (Å²) in [4.78, 5) is 16.0. The summed E-state index contributed by atoms with van der Waals surface area (Å²) >= 11 is 3.44. The topological polar surface area (TPSA) is 89.3 Å². The predicted octanol–water partition coefficient (Wildman–Crippen LogP) is 5.34. The maximum atomic E-state index is 13.6. The van der Waals surface area contributed by atoms with Crippen LogP contribution in [0.15, 0.2) is 34.9 Å². The molecule has 0 aliphatic carbocycles. The van der Waals surface area contributed by atoms with E-state index in [-0.39, 0.29) is 13.2 Å². The lowest BCUT2D eigenvalue weighted by Gasteiger charge is -2.19. The van der Waals surface area contributed by atoms with Crippen molar-refractivity contribution in [1.29, 1.82) is 0 Å². The Balaban J connectivity index is 1.89. The number of rotatable bonds is 9. The van der Waals surface area contributed by atoms with Crippen LogP contribution in [0, 0.1) is 11.6 Å². The van der Waals surface area contributed by atoms with E-state index in [1.807, 2.05) is 0 Å². The van der Waals surface area contributed by atoms with Crippen molar-refractivity contribution in [1.82, 2.24) is 20.1 Å². The molecular weight excluding hydrogens is 502 g/mol. The highest BCUT2D eigenvalue weighted by atomic mass is 79.9. The van der Waals surface area contributed by atoms with Crippen LogP contribution in [0.2, 0.25) is 25.7 Å². The lowest BCUT2D eigenvalue weighted by molar-refractivity contribution is 0.0812. The summed E-state index contributed by atoms with van der Waals surface area (Å²) in [6, 6.07) is 5.07. The fourth-order valence-electron chi connectivity index (χ4n) is 3.19. The zero-order valence-corrected chi connectivity index (χ0v) is 20.6. The minimum absolute atomic E-state index is 0.0128. The third-order valence-electron chi connectivity index (χ3n) is 4.79. The van der Waals surface area contributed by atoms with Gasteiger partial charge in [-0.3, -0.25) is 0 Å². The van der Waals surface area contributed by atoms with Crippen molar-refractivity contribution < 1.29 is 23.4 Å². The number of nitrogens with one attached hydrogen (secondary N) is 1. The van der Waals surface area contributed by atoms with Crippen molar-refractivity contribution in [2.75, 3.05) is 6.61 Å². The highest BCUT2D eigenvalue weighted by Crippen LogP contribution is 2.29. The summed E-state index contributed by atoms with van der Waals surface area (Å²) in [6.45, 7) is 7.64. The second kappa shape index (κ2) is 10.0. The molecule has 0 aliphatic heterocycles. The maximum Gasteiger partial charge on any atom is 0.405 e. The highest BCUT2D eigenvalue weighted by Gasteiger charge is 2.22. The van der Waals surface area contributed by atoms with Crippen molar-refractivity contribution in [2.24, 2.45) is 0 Å². The smallest absolute Gasteiger partial charge is 0.405 e. The molecule has 3 aromatic rings. The Morgan fingerprint density at radius 2 is 1.94 bits per heavy atom. The Morgan fingerprint density at radius 3 is 2.56 bits per heavy atom. The Hall–Kier alpha value is -2.37. The Labute approximate surface area is 193 Å². The van der Waals surface area contributed by atoms with Gasteiger partial charge in [-0.2, -0.15) is 5.10 Å². The number of fused-ring (bicyclic) bond motifs is 1. The molecular formula is C21H25BrF2N4O3Si. The van der Waals surface area contributed by atoms with E-state index in [4.69, 9.17) is 4.74 Å². The fourth-order valence-corrected chi connectivity index (χ4v) is 4.56. The number of amides is 1. The number of benzene rings is 1. The minimum Gasteiger partial charge on any atom is -0.465 e. The molecule has 0 aliphatic rings. The molecule has 0 radical (unpaired) electrons. The van der Waals surface area contributed by atoms with Gasteiger partial charge in [0.15, 0.2) is 5.65 Å². The van der Waals surface area contributed by atoms with Crippen LogP contribution in [0.4, 0.5) is 13.6 Å². The van der Waals surface area contributed by atoms with E-state index >= 15 is 0 Å². The summed E-state index contributed by atoms with van der Waals surface area (Å²) in [5, 5.41) is 16.8. The van der Waals surface area contributed by atoms with Crippen molar-refractivity contribution in [3.05, 3.63) is 57.8 Å². The van der Waals surface area contributed by atoms with Crippen molar-refractivity contribution in [3.8, 4) is 0 Å². The molecule has 2 N–H and O–H groups in total. The average Bonchev–Trinajstić information content (AvgIpc) is 3.03. The molecule has 0 spiro atoms. The largest absolute Gasteiger partial charge is 0.465 e. The second-order valence-corrected chi connectivity index (χ2v) is 15.2. The number of aromatic nitrogens is 3. The molecule has 0 saturated carbocycles. The van der Waals surface area contributed by atoms with Crippen molar-refractivity contribution in [3.63, 3.8) is 0 Å². The number of hydrogen-bond acceptors (Lipinski definition) is 4. The first-order chi connectivity index (χ1) is 15.0. The molecule has 32 heavy (non-hydrogen) atoms. The molecule has 2 heterocycles. The van der Waals surface area contributed by atoms with E-state index in [2.05, 4.69) is 51.0 Å². The van der Waals surface area contributed by atoms with E-state index in [1.165, 1.54) is 12.1 Å². The number of hydrogen-bond donors (Lipinski definition) is 2. The quantitative estimate of drug-likeness (QED) is 0.290. The summed E-state index contributed by atoms with van der Waals surface area (Å²) in [7, 11) is -1.22. The zero-order chi connectivity index (χ0) is 23.5. The van der Waals surface area contributed by atoms with Gasteiger partial charge in [0.2, 0.25) is 0 Å². The summed E-state index contributed by atoms with van der Waals surface area (Å²) < 4.78 is 35.2. The fraction of sp³-hybridized carbons (Fsp3) is 0.381. The SMILES string of the molecule is C[Si](C)(C)CCOCn1ncc2cc(Br)c(C(Cc3cc(F)cc(F)c3)NC(=O)O)nc21. The van der Waals surface area contributed by atoms with Crippen LogP contribution in [0.5, 0.6) is 0 Å². The first-order valence-electron chi connectivity index (χ1n) is 10.1. The molecule has 0 fully saturated rings. The monoisotopic (exact) mass is 526 g/mol. The first-order valence-corrected chi connectivity index (χ1v) is 14.6. The zero-order valence-electron chi connectivity index (χ0n) is 18.0. The molecule has 11 heteroatoms. The van der Waals surface area contributed by atoms with Gasteiger partial charge in [0, 0.05) is 30.6 Å². The third-order valence-corrected chi connectivity index (χ3v) is 7.13. The van der Waals surface area contributed by atoms with E-state index in [0.717, 1.165) is 17.5 Å². The van der Waals surface area contributed by atoms with E-state index in [1.54, 1.807) is 16.9 Å². The summed E-state index contributed by atoms with van der Waals surface area (Å²) in [5.41, 5.74) is 1.21. The molecule has 7 nitrogen and oxygen atoms in total. The van der Waals surface area contributed by atoms with Gasteiger partial charge in [0.1, 0.15) is 18.4 Å². The molecule has 172 valence electrons. The Bertz CT molecular complexity index is 1100. The summed E-state index contributed by atoms with van der Waals surface area (Å²) in [5.74, 6) is -1.46. The molecule has 1 amide bonds. The van der Waals surface area contributed by atoms with Gasteiger partial charge in [-0.15, -0.1) is 0 Å². The highest BCUT2D eigenvalue weighted by molar-refractivity contribution is 9.10. The van der Waals surface area contributed by atoms with Gasteiger partial charge < -0.3 is 15.2 Å². The average molecular weight is 527 g/mol. The van der Waals surface area contributed by atoms with E-state index in [9.17, 15) is 18.7 Å². The molecule has 3 rings (SSSR count). The molecule has 1 atom stereocenters. The lowest BCUT2D eigenvalue weighted by Crippen LogP contribution is -2.29. The number of ether oxygens (including phenoxy) is 1. The predicted molar refractivity (Wildman–Crippen MR) is 123 cm³/mol. The number of pyridine rings is 1. The Morgan fingerprint density at radius 1 is 1.25 bits per heavy atom. The van der Waals surface area contributed by atoms with Gasteiger partial charge >= 0.3 is 6.09 Å². The van der Waals surface area contributed by atoms with Gasteiger partial charge in [0.25, 0.3) is 0 Å². The van der Waals surface area contributed by atoms with Gasteiger partial charge in [-0.05, 0) is 52.2 Å². The van der Waals surface area contributed by atoms with Crippen molar-refractivity contribution >= 4 is 41.1 Å². The lowest BCUT2D eigenvalue weighted by atomic mass is 10.0. The molecule has 2 aromatic heterocycles.